The van der Waals surface area contributed by atoms with Crippen LogP contribution in [-0.4, -0.2) is 28.8 Å². The summed E-state index contributed by atoms with van der Waals surface area (Å²) in [4.78, 5) is 28.2. The summed E-state index contributed by atoms with van der Waals surface area (Å²) in [6.45, 7) is 12.8. The van der Waals surface area contributed by atoms with Gasteiger partial charge in [0.2, 0.25) is 11.8 Å². The lowest BCUT2D eigenvalue weighted by Gasteiger charge is -2.32. The van der Waals surface area contributed by atoms with Crippen LogP contribution in [-0.2, 0) is 28.0 Å². The lowest BCUT2D eigenvalue weighted by atomic mass is 9.86. The molecule has 0 saturated heterocycles. The number of nitrogens with one attached hydrogen (secondary N) is 1. The number of nitrogens with zero attached hydrogens (tertiary/aromatic N) is 1. The molecule has 2 atom stereocenters. The van der Waals surface area contributed by atoms with Crippen molar-refractivity contribution < 1.29 is 9.59 Å². The zero-order chi connectivity index (χ0) is 24.6. The van der Waals surface area contributed by atoms with Crippen LogP contribution in [0, 0.1) is 0 Å². The highest BCUT2D eigenvalue weighted by Gasteiger charge is 2.29. The summed E-state index contributed by atoms with van der Waals surface area (Å²) in [5, 5.41) is 3.65. The molecule has 0 aliphatic heterocycles. The van der Waals surface area contributed by atoms with Crippen molar-refractivity contribution in [3.63, 3.8) is 0 Å². The molecule has 1 N–H and O–H groups in total. The van der Waals surface area contributed by atoms with E-state index in [1.165, 1.54) is 5.56 Å². The monoisotopic (exact) mass is 470 g/mol. The Hall–Kier alpha value is -2.33. The number of rotatable bonds is 10. The van der Waals surface area contributed by atoms with Gasteiger partial charge in [0.1, 0.15) is 6.04 Å². The molecule has 33 heavy (non-hydrogen) atoms. The van der Waals surface area contributed by atoms with Crippen LogP contribution in [0.3, 0.4) is 0 Å². The van der Waals surface area contributed by atoms with Crippen LogP contribution in [0.5, 0.6) is 0 Å². The number of amides is 2. The number of hydrogen-bond donors (Lipinski definition) is 1. The summed E-state index contributed by atoms with van der Waals surface area (Å²) in [5.41, 5.74) is 3.32. The molecule has 0 radical (unpaired) electrons. The fraction of sp³-hybridized carbons (Fsp3) is 0.500. The third-order valence-corrected chi connectivity index (χ3v) is 6.50. The van der Waals surface area contributed by atoms with Gasteiger partial charge in [0.15, 0.2) is 0 Å². The zero-order valence-corrected chi connectivity index (χ0v) is 21.7. The summed E-state index contributed by atoms with van der Waals surface area (Å²) in [6, 6.07) is 15.5. The average Bonchev–Trinajstić information content (AvgIpc) is 2.78. The Bertz CT molecular complexity index is 918. The Balaban J connectivity index is 2.21. The van der Waals surface area contributed by atoms with Gasteiger partial charge in [0.25, 0.3) is 0 Å². The fourth-order valence-corrected chi connectivity index (χ4v) is 3.93. The Morgan fingerprint density at radius 3 is 2.18 bits per heavy atom. The third kappa shape index (κ3) is 7.89. The number of carbonyl (C=O) groups excluding carboxylic acids is 2. The van der Waals surface area contributed by atoms with E-state index in [-0.39, 0.29) is 23.3 Å². The van der Waals surface area contributed by atoms with Crippen molar-refractivity contribution in [3.05, 3.63) is 70.2 Å². The van der Waals surface area contributed by atoms with Crippen LogP contribution < -0.4 is 5.32 Å². The lowest BCUT2D eigenvalue weighted by molar-refractivity contribution is -0.141. The number of halogens is 1. The predicted octanol–water partition coefficient (Wildman–Crippen LogP) is 6.29. The van der Waals surface area contributed by atoms with E-state index >= 15 is 0 Å². The maximum Gasteiger partial charge on any atom is 0.243 e. The van der Waals surface area contributed by atoms with Crippen LogP contribution in [0.25, 0.3) is 0 Å². The standard InChI is InChI=1S/C28H39ClN2O2/c1-7-20(3)30-27(33)25(8-2)31(19-22-11-9-10-12-24(22)29)26(32)18-15-21-13-16-23(17-14-21)28(4,5)6/h9-14,16-17,20,25H,7-8,15,18-19H2,1-6H3,(H,30,33)/t20-,25+/m1/s1. The summed E-state index contributed by atoms with van der Waals surface area (Å²) in [7, 11) is 0. The molecule has 0 heterocycles. The molecule has 2 rings (SSSR count). The van der Waals surface area contributed by atoms with Crippen molar-refractivity contribution in [2.24, 2.45) is 0 Å². The quantitative estimate of drug-likeness (QED) is 0.443. The Kier molecular flexibility index (Phi) is 9.97. The first kappa shape index (κ1) is 26.9. The van der Waals surface area contributed by atoms with Crippen molar-refractivity contribution in [3.8, 4) is 0 Å². The van der Waals surface area contributed by atoms with Gasteiger partial charge >= 0.3 is 0 Å². The van der Waals surface area contributed by atoms with Crippen LogP contribution in [0.4, 0.5) is 0 Å². The molecule has 2 aromatic carbocycles. The second-order valence-corrected chi connectivity index (χ2v) is 10.2. The molecule has 4 nitrogen and oxygen atoms in total. The van der Waals surface area contributed by atoms with Gasteiger partial charge in [-0.3, -0.25) is 9.59 Å². The molecular weight excluding hydrogens is 432 g/mol. The smallest absolute Gasteiger partial charge is 0.243 e. The first-order valence-electron chi connectivity index (χ1n) is 12.0. The van der Waals surface area contributed by atoms with Gasteiger partial charge in [-0.25, -0.2) is 0 Å². The Morgan fingerprint density at radius 1 is 1.00 bits per heavy atom. The highest BCUT2D eigenvalue weighted by molar-refractivity contribution is 6.31. The van der Waals surface area contributed by atoms with E-state index in [2.05, 4.69) is 50.4 Å². The number of carbonyl (C=O) groups is 2. The minimum atomic E-state index is -0.536. The largest absolute Gasteiger partial charge is 0.352 e. The molecule has 5 heteroatoms. The van der Waals surface area contributed by atoms with Crippen LogP contribution in [0.2, 0.25) is 5.02 Å². The topological polar surface area (TPSA) is 49.4 Å². The SMILES string of the molecule is CC[C@@H](C)NC(=O)[C@H](CC)N(Cc1ccccc1Cl)C(=O)CCc1ccc(C(C)(C)C)cc1. The summed E-state index contributed by atoms with van der Waals surface area (Å²) in [5.74, 6) is -0.150. The first-order valence-corrected chi connectivity index (χ1v) is 12.4. The molecule has 2 amide bonds. The summed E-state index contributed by atoms with van der Waals surface area (Å²) in [6.07, 6.45) is 2.35. The molecule has 0 fully saturated rings. The minimum absolute atomic E-state index is 0.0408. The van der Waals surface area contributed by atoms with Gasteiger partial charge in [-0.15, -0.1) is 0 Å². The van der Waals surface area contributed by atoms with Crippen LogP contribution >= 0.6 is 11.6 Å². The molecule has 2 aromatic rings. The van der Waals surface area contributed by atoms with Crippen molar-refractivity contribution >= 4 is 23.4 Å². The highest BCUT2D eigenvalue weighted by atomic mass is 35.5. The van der Waals surface area contributed by atoms with E-state index in [4.69, 9.17) is 11.6 Å². The maximum atomic E-state index is 13.4. The van der Waals surface area contributed by atoms with Crippen molar-refractivity contribution in [1.29, 1.82) is 0 Å². The average molecular weight is 471 g/mol. The zero-order valence-electron chi connectivity index (χ0n) is 21.0. The maximum absolute atomic E-state index is 13.4. The van der Waals surface area contributed by atoms with E-state index in [1.54, 1.807) is 4.90 Å². The molecular formula is C28H39ClN2O2. The third-order valence-electron chi connectivity index (χ3n) is 6.13. The molecule has 0 aromatic heterocycles. The molecule has 0 bridgehead atoms. The number of aryl methyl sites for hydroxylation is 1. The van der Waals surface area contributed by atoms with Gasteiger partial charge in [-0.05, 0) is 54.4 Å². The minimum Gasteiger partial charge on any atom is -0.352 e. The number of hydrogen-bond acceptors (Lipinski definition) is 2. The van der Waals surface area contributed by atoms with Gasteiger partial charge in [0, 0.05) is 24.0 Å². The highest BCUT2D eigenvalue weighted by Crippen LogP contribution is 2.23. The predicted molar refractivity (Wildman–Crippen MR) is 137 cm³/mol. The lowest BCUT2D eigenvalue weighted by Crippen LogP contribution is -2.50. The fourth-order valence-electron chi connectivity index (χ4n) is 3.74. The summed E-state index contributed by atoms with van der Waals surface area (Å²) < 4.78 is 0. The molecule has 0 unspecified atom stereocenters. The van der Waals surface area contributed by atoms with E-state index in [1.807, 2.05) is 45.0 Å². The van der Waals surface area contributed by atoms with E-state index < -0.39 is 6.04 Å². The van der Waals surface area contributed by atoms with E-state index in [0.29, 0.717) is 30.8 Å². The molecule has 0 aliphatic rings. The van der Waals surface area contributed by atoms with Crippen molar-refractivity contribution in [1.82, 2.24) is 10.2 Å². The first-order chi connectivity index (χ1) is 15.6. The van der Waals surface area contributed by atoms with Gasteiger partial charge < -0.3 is 10.2 Å². The van der Waals surface area contributed by atoms with Crippen LogP contribution in [0.1, 0.15) is 77.5 Å². The van der Waals surface area contributed by atoms with Gasteiger partial charge in [-0.2, -0.15) is 0 Å². The molecule has 0 spiro atoms. The molecule has 180 valence electrons. The Morgan fingerprint density at radius 2 is 1.64 bits per heavy atom. The Labute approximate surface area is 204 Å². The molecule has 0 saturated carbocycles. The molecule has 0 aliphatic carbocycles. The normalized spacial score (nSPS) is 13.3. The van der Waals surface area contributed by atoms with Crippen LogP contribution in [0.15, 0.2) is 48.5 Å². The van der Waals surface area contributed by atoms with Gasteiger partial charge in [-0.1, -0.05) is 88.7 Å². The second-order valence-electron chi connectivity index (χ2n) is 9.80. The van der Waals surface area contributed by atoms with Gasteiger partial charge in [0.05, 0.1) is 0 Å². The van der Waals surface area contributed by atoms with E-state index in [0.717, 1.165) is 17.5 Å². The summed E-state index contributed by atoms with van der Waals surface area (Å²) >= 11 is 6.39. The van der Waals surface area contributed by atoms with Crippen molar-refractivity contribution in [2.45, 2.75) is 91.3 Å². The van der Waals surface area contributed by atoms with Crippen molar-refractivity contribution in [2.75, 3.05) is 0 Å². The second kappa shape index (κ2) is 12.2. The van der Waals surface area contributed by atoms with E-state index in [9.17, 15) is 9.59 Å². The number of benzene rings is 2.